The van der Waals surface area contributed by atoms with Gasteiger partial charge in [0.05, 0.1) is 5.75 Å². The number of nitrogens with one attached hydrogen (secondary N) is 1. The Morgan fingerprint density at radius 3 is 2.59 bits per heavy atom. The molecule has 1 heterocycles. The molecule has 3 rings (SSSR count). The van der Waals surface area contributed by atoms with Gasteiger partial charge in [-0.05, 0) is 48.9 Å². The molecule has 0 bridgehead atoms. The van der Waals surface area contributed by atoms with Gasteiger partial charge in [-0.15, -0.1) is 10.2 Å². The van der Waals surface area contributed by atoms with E-state index in [4.69, 9.17) is 16.3 Å². The number of thioether (sulfide) groups is 1. The number of carbonyl (C=O) groups is 1. The summed E-state index contributed by atoms with van der Waals surface area (Å²) >= 11 is 7.17. The molecule has 0 aliphatic rings. The summed E-state index contributed by atoms with van der Waals surface area (Å²) in [6, 6.07) is 13.1. The van der Waals surface area contributed by atoms with Crippen molar-refractivity contribution in [2.24, 2.45) is 0 Å². The van der Waals surface area contributed by atoms with Gasteiger partial charge < -0.3 is 14.6 Å². The van der Waals surface area contributed by atoms with Crippen LogP contribution in [0.25, 0.3) is 0 Å². The average molecular weight is 435 g/mol. The third kappa shape index (κ3) is 6.20. The van der Waals surface area contributed by atoms with Gasteiger partial charge >= 0.3 is 0 Å². The number of rotatable bonds is 9. The fourth-order valence-corrected chi connectivity index (χ4v) is 3.49. The number of benzene rings is 2. The van der Waals surface area contributed by atoms with Crippen LogP contribution in [0.1, 0.15) is 18.3 Å². The first-order valence-electron chi connectivity index (χ1n) is 8.99. The van der Waals surface area contributed by atoms with Crippen molar-refractivity contribution in [1.29, 1.82) is 0 Å². The van der Waals surface area contributed by atoms with Gasteiger partial charge in [-0.2, -0.15) is 0 Å². The molecule has 3 aromatic rings. The summed E-state index contributed by atoms with van der Waals surface area (Å²) in [5, 5.41) is 12.5. The van der Waals surface area contributed by atoms with Crippen molar-refractivity contribution < 1.29 is 13.9 Å². The highest BCUT2D eigenvalue weighted by molar-refractivity contribution is 7.99. The predicted octanol–water partition coefficient (Wildman–Crippen LogP) is 4.08. The van der Waals surface area contributed by atoms with Crippen LogP contribution in [0.3, 0.4) is 0 Å². The Hall–Kier alpha value is -2.58. The van der Waals surface area contributed by atoms with Crippen LogP contribution < -0.4 is 10.1 Å². The lowest BCUT2D eigenvalue weighted by atomic mass is 10.2. The summed E-state index contributed by atoms with van der Waals surface area (Å²) in [5.74, 6) is 1.00. The quantitative estimate of drug-likeness (QED) is 0.514. The Morgan fingerprint density at radius 1 is 1.17 bits per heavy atom. The van der Waals surface area contributed by atoms with E-state index >= 15 is 0 Å². The van der Waals surface area contributed by atoms with Gasteiger partial charge in [-0.25, -0.2) is 4.39 Å². The minimum Gasteiger partial charge on any atom is -0.486 e. The fraction of sp³-hybridized carbons (Fsp3) is 0.250. The largest absolute Gasteiger partial charge is 0.486 e. The van der Waals surface area contributed by atoms with Crippen molar-refractivity contribution in [2.45, 2.75) is 31.8 Å². The lowest BCUT2D eigenvalue weighted by Gasteiger charge is -2.09. The average Bonchev–Trinajstić information content (AvgIpc) is 3.13. The van der Waals surface area contributed by atoms with Crippen molar-refractivity contribution >= 4 is 29.3 Å². The molecule has 152 valence electrons. The smallest absolute Gasteiger partial charge is 0.230 e. The second-order valence-electron chi connectivity index (χ2n) is 6.08. The molecular weight excluding hydrogens is 415 g/mol. The molecule has 0 radical (unpaired) electrons. The van der Waals surface area contributed by atoms with Crippen LogP contribution in [-0.2, 0) is 24.5 Å². The van der Waals surface area contributed by atoms with Crippen molar-refractivity contribution in [1.82, 2.24) is 20.1 Å². The van der Waals surface area contributed by atoms with Crippen molar-refractivity contribution in [3.63, 3.8) is 0 Å². The molecule has 0 atom stereocenters. The third-order valence-electron chi connectivity index (χ3n) is 4.03. The molecule has 0 spiro atoms. The zero-order valence-corrected chi connectivity index (χ0v) is 17.3. The van der Waals surface area contributed by atoms with Crippen molar-refractivity contribution in [2.75, 3.05) is 5.75 Å². The topological polar surface area (TPSA) is 69.0 Å². The molecule has 0 aliphatic heterocycles. The van der Waals surface area contributed by atoms with Crippen LogP contribution >= 0.6 is 23.4 Å². The summed E-state index contributed by atoms with van der Waals surface area (Å²) in [5.41, 5.74) is 0.977. The van der Waals surface area contributed by atoms with E-state index in [1.54, 1.807) is 24.3 Å². The SMILES string of the molecule is CCn1c(COc2ccc(F)cc2)nnc1SCC(=O)NCc1ccc(Cl)cc1. The number of ether oxygens (including phenoxy) is 1. The van der Waals surface area contributed by atoms with Gasteiger partial charge in [0, 0.05) is 18.1 Å². The summed E-state index contributed by atoms with van der Waals surface area (Å²) in [6.07, 6.45) is 0. The lowest BCUT2D eigenvalue weighted by Crippen LogP contribution is -2.24. The van der Waals surface area contributed by atoms with Crippen LogP contribution in [0.2, 0.25) is 5.02 Å². The first kappa shape index (κ1) is 21.1. The normalized spacial score (nSPS) is 10.7. The number of amides is 1. The molecule has 1 aromatic heterocycles. The van der Waals surface area contributed by atoms with Crippen LogP contribution in [0.5, 0.6) is 5.75 Å². The third-order valence-corrected chi connectivity index (χ3v) is 5.25. The molecule has 0 saturated carbocycles. The van der Waals surface area contributed by atoms with Gasteiger partial charge in [0.25, 0.3) is 0 Å². The number of carbonyl (C=O) groups excluding carboxylic acids is 1. The van der Waals surface area contributed by atoms with Crippen LogP contribution in [0.15, 0.2) is 53.7 Å². The molecule has 0 fully saturated rings. The molecule has 0 aliphatic carbocycles. The number of hydrogen-bond donors (Lipinski definition) is 1. The van der Waals surface area contributed by atoms with E-state index in [-0.39, 0.29) is 24.1 Å². The molecule has 6 nitrogen and oxygen atoms in total. The predicted molar refractivity (Wildman–Crippen MR) is 110 cm³/mol. The van der Waals surface area contributed by atoms with E-state index in [0.29, 0.717) is 34.8 Å². The monoisotopic (exact) mass is 434 g/mol. The standard InChI is InChI=1S/C20H20ClFN4O2S/c1-2-26-18(12-28-17-9-7-16(22)8-10-17)24-25-20(26)29-13-19(27)23-11-14-3-5-15(21)6-4-14/h3-10H,2,11-13H2,1H3,(H,23,27). The maximum Gasteiger partial charge on any atom is 0.230 e. The highest BCUT2D eigenvalue weighted by Crippen LogP contribution is 2.19. The van der Waals surface area contributed by atoms with Crippen molar-refractivity contribution in [3.05, 3.63) is 70.8 Å². The Balaban J connectivity index is 1.50. The van der Waals surface area contributed by atoms with Gasteiger partial charge in [0.2, 0.25) is 5.91 Å². The Kier molecular flexibility index (Phi) is 7.48. The number of hydrogen-bond acceptors (Lipinski definition) is 5. The molecule has 1 amide bonds. The van der Waals surface area contributed by atoms with E-state index in [2.05, 4.69) is 15.5 Å². The number of aromatic nitrogens is 3. The summed E-state index contributed by atoms with van der Waals surface area (Å²) in [4.78, 5) is 12.1. The zero-order chi connectivity index (χ0) is 20.6. The molecule has 2 aromatic carbocycles. The van der Waals surface area contributed by atoms with Gasteiger partial charge in [0.1, 0.15) is 18.2 Å². The van der Waals surface area contributed by atoms with E-state index in [0.717, 1.165) is 5.56 Å². The first-order valence-corrected chi connectivity index (χ1v) is 10.4. The second-order valence-corrected chi connectivity index (χ2v) is 7.46. The summed E-state index contributed by atoms with van der Waals surface area (Å²) < 4.78 is 20.5. The van der Waals surface area contributed by atoms with E-state index < -0.39 is 0 Å². The molecule has 1 N–H and O–H groups in total. The highest BCUT2D eigenvalue weighted by Gasteiger charge is 2.13. The minimum absolute atomic E-state index is 0.0975. The lowest BCUT2D eigenvalue weighted by molar-refractivity contribution is -0.118. The Bertz CT molecular complexity index is 948. The van der Waals surface area contributed by atoms with Crippen LogP contribution in [0.4, 0.5) is 4.39 Å². The Labute approximate surface area is 177 Å². The van der Waals surface area contributed by atoms with E-state index in [1.165, 1.54) is 23.9 Å². The van der Waals surface area contributed by atoms with E-state index in [1.807, 2.05) is 23.6 Å². The summed E-state index contributed by atoms with van der Waals surface area (Å²) in [6.45, 7) is 3.25. The maximum absolute atomic E-state index is 13.0. The van der Waals surface area contributed by atoms with E-state index in [9.17, 15) is 9.18 Å². The Morgan fingerprint density at radius 2 is 1.90 bits per heavy atom. The second kappa shape index (κ2) is 10.3. The summed E-state index contributed by atoms with van der Waals surface area (Å²) in [7, 11) is 0. The van der Waals surface area contributed by atoms with Crippen molar-refractivity contribution in [3.8, 4) is 5.75 Å². The molecule has 0 unspecified atom stereocenters. The molecule has 29 heavy (non-hydrogen) atoms. The number of nitrogens with zero attached hydrogens (tertiary/aromatic N) is 3. The zero-order valence-electron chi connectivity index (χ0n) is 15.8. The first-order chi connectivity index (χ1) is 14.0. The fourth-order valence-electron chi connectivity index (χ4n) is 2.51. The molecule has 0 saturated heterocycles. The van der Waals surface area contributed by atoms with Gasteiger partial charge in [0.15, 0.2) is 11.0 Å². The highest BCUT2D eigenvalue weighted by atomic mass is 35.5. The van der Waals surface area contributed by atoms with Gasteiger partial charge in [-0.3, -0.25) is 4.79 Å². The number of halogens is 2. The van der Waals surface area contributed by atoms with Crippen LogP contribution in [0, 0.1) is 5.82 Å². The molecular formula is C20H20ClFN4O2S. The van der Waals surface area contributed by atoms with Gasteiger partial charge in [-0.1, -0.05) is 35.5 Å². The molecule has 9 heteroatoms. The minimum atomic E-state index is -0.317. The van der Waals surface area contributed by atoms with Crippen LogP contribution in [-0.4, -0.2) is 26.4 Å². The maximum atomic E-state index is 13.0.